The third-order valence-corrected chi connectivity index (χ3v) is 4.63. The number of rotatable bonds is 2. The zero-order valence-corrected chi connectivity index (χ0v) is 13.9. The number of benzene rings is 2. The summed E-state index contributed by atoms with van der Waals surface area (Å²) in [5.74, 6) is -0.0422. The van der Waals surface area contributed by atoms with Gasteiger partial charge in [-0.05, 0) is 52.7 Å². The molecule has 1 aliphatic heterocycles. The summed E-state index contributed by atoms with van der Waals surface area (Å²) in [6.45, 7) is 2.03. The Morgan fingerprint density at radius 2 is 1.95 bits per heavy atom. The Labute approximate surface area is 134 Å². The van der Waals surface area contributed by atoms with Gasteiger partial charge in [-0.1, -0.05) is 28.1 Å². The van der Waals surface area contributed by atoms with E-state index in [0.717, 1.165) is 25.9 Å². The average molecular weight is 396 g/mol. The molecule has 0 fully saturated rings. The molecule has 3 rings (SSSR count). The summed E-state index contributed by atoms with van der Waals surface area (Å²) in [4.78, 5) is 12.2. The summed E-state index contributed by atoms with van der Waals surface area (Å²) in [5, 5.41) is 6.19. The molecule has 2 aromatic carbocycles. The molecular weight excluding hydrogens is 384 g/mol. The highest BCUT2D eigenvalue weighted by molar-refractivity contribution is 9.11. The van der Waals surface area contributed by atoms with E-state index in [0.29, 0.717) is 0 Å². The first kappa shape index (κ1) is 13.6. The molecule has 1 amide bonds. The Bertz CT molecular complexity index is 700. The summed E-state index contributed by atoms with van der Waals surface area (Å²) >= 11 is 7.04. The van der Waals surface area contributed by atoms with Crippen LogP contribution in [0.15, 0.2) is 45.3 Å². The molecule has 20 heavy (non-hydrogen) atoms. The maximum atomic E-state index is 12.2. The van der Waals surface area contributed by atoms with E-state index in [1.165, 1.54) is 5.56 Å². The van der Waals surface area contributed by atoms with E-state index < -0.39 is 0 Å². The maximum absolute atomic E-state index is 12.2. The van der Waals surface area contributed by atoms with Gasteiger partial charge in [0.1, 0.15) is 6.04 Å². The lowest BCUT2D eigenvalue weighted by Crippen LogP contribution is -2.20. The number of carbonyl (C=O) groups is 1. The molecule has 0 saturated carbocycles. The van der Waals surface area contributed by atoms with Gasteiger partial charge in [-0.3, -0.25) is 4.79 Å². The number of hydrogen-bond acceptors (Lipinski definition) is 2. The lowest BCUT2D eigenvalue weighted by Gasteiger charge is -2.15. The molecule has 3 nitrogen and oxygen atoms in total. The van der Waals surface area contributed by atoms with Crippen LogP contribution in [0.2, 0.25) is 0 Å². The quantitative estimate of drug-likeness (QED) is 0.778. The molecule has 2 aromatic rings. The Morgan fingerprint density at radius 1 is 1.15 bits per heavy atom. The highest BCUT2D eigenvalue weighted by atomic mass is 79.9. The third-order valence-electron chi connectivity index (χ3n) is 3.29. The fourth-order valence-corrected chi connectivity index (χ4v) is 3.51. The van der Waals surface area contributed by atoms with Crippen LogP contribution < -0.4 is 10.6 Å². The van der Waals surface area contributed by atoms with Gasteiger partial charge in [-0.15, -0.1) is 0 Å². The molecule has 1 aliphatic rings. The molecule has 5 heteroatoms. The first-order chi connectivity index (χ1) is 9.56. The molecule has 0 spiro atoms. The predicted molar refractivity (Wildman–Crippen MR) is 88.0 cm³/mol. The zero-order valence-electron chi connectivity index (χ0n) is 10.7. The number of halogens is 2. The van der Waals surface area contributed by atoms with Crippen molar-refractivity contribution >= 4 is 49.1 Å². The van der Waals surface area contributed by atoms with Gasteiger partial charge in [-0.25, -0.2) is 0 Å². The highest BCUT2D eigenvalue weighted by Crippen LogP contribution is 2.39. The number of anilines is 2. The van der Waals surface area contributed by atoms with Gasteiger partial charge in [0, 0.05) is 25.9 Å². The highest BCUT2D eigenvalue weighted by Gasteiger charge is 2.32. The summed E-state index contributed by atoms with van der Waals surface area (Å²) in [5.41, 5.74) is 3.87. The van der Waals surface area contributed by atoms with Crippen molar-refractivity contribution in [3.63, 3.8) is 0 Å². The number of aryl methyl sites for hydroxylation is 1. The molecule has 0 aliphatic carbocycles. The second-order valence-corrected chi connectivity index (χ2v) is 6.46. The van der Waals surface area contributed by atoms with Crippen molar-refractivity contribution in [3.05, 3.63) is 56.5 Å². The summed E-state index contributed by atoms with van der Waals surface area (Å²) in [6.07, 6.45) is 0. The van der Waals surface area contributed by atoms with Crippen LogP contribution >= 0.6 is 31.9 Å². The molecule has 0 aromatic heterocycles. The van der Waals surface area contributed by atoms with Crippen molar-refractivity contribution in [3.8, 4) is 0 Å². The van der Waals surface area contributed by atoms with Gasteiger partial charge in [0.25, 0.3) is 5.91 Å². The van der Waals surface area contributed by atoms with Crippen molar-refractivity contribution in [2.45, 2.75) is 13.0 Å². The standard InChI is InChI=1S/C15H12Br2N2O/c1-8-5-6-11(10(17)7-8)18-14-13-9(16)3-2-4-12(13)19-15(14)20/h2-7,14,18H,1H3,(H,19,20). The smallest absolute Gasteiger partial charge is 0.251 e. The van der Waals surface area contributed by atoms with Gasteiger partial charge in [0.05, 0.1) is 0 Å². The van der Waals surface area contributed by atoms with E-state index in [1.807, 2.05) is 43.3 Å². The lowest BCUT2D eigenvalue weighted by molar-refractivity contribution is -0.116. The predicted octanol–water partition coefficient (Wildman–Crippen LogP) is 4.63. The van der Waals surface area contributed by atoms with Gasteiger partial charge in [0.2, 0.25) is 0 Å². The van der Waals surface area contributed by atoms with Crippen LogP contribution in [-0.2, 0) is 4.79 Å². The van der Waals surface area contributed by atoms with E-state index in [-0.39, 0.29) is 11.9 Å². The summed E-state index contributed by atoms with van der Waals surface area (Å²) in [7, 11) is 0. The largest absolute Gasteiger partial charge is 0.369 e. The fraction of sp³-hybridized carbons (Fsp3) is 0.133. The van der Waals surface area contributed by atoms with Gasteiger partial charge < -0.3 is 10.6 Å². The zero-order chi connectivity index (χ0) is 14.3. The van der Waals surface area contributed by atoms with Crippen LogP contribution in [-0.4, -0.2) is 5.91 Å². The second kappa shape index (κ2) is 5.22. The van der Waals surface area contributed by atoms with E-state index in [2.05, 4.69) is 42.5 Å². The monoisotopic (exact) mass is 394 g/mol. The molecule has 0 bridgehead atoms. The van der Waals surface area contributed by atoms with E-state index in [1.54, 1.807) is 0 Å². The lowest BCUT2D eigenvalue weighted by atomic mass is 10.1. The molecule has 0 saturated heterocycles. The van der Waals surface area contributed by atoms with Gasteiger partial charge >= 0.3 is 0 Å². The minimum atomic E-state index is -0.389. The molecule has 102 valence electrons. The normalized spacial score (nSPS) is 16.8. The van der Waals surface area contributed by atoms with Gasteiger partial charge in [0.15, 0.2) is 0 Å². The first-order valence-corrected chi connectivity index (χ1v) is 7.77. The second-order valence-electron chi connectivity index (χ2n) is 4.75. The van der Waals surface area contributed by atoms with Crippen molar-refractivity contribution in [1.29, 1.82) is 0 Å². The van der Waals surface area contributed by atoms with Crippen molar-refractivity contribution in [2.24, 2.45) is 0 Å². The fourth-order valence-electron chi connectivity index (χ4n) is 2.31. The minimum absolute atomic E-state index is 0.0422. The Kier molecular flexibility index (Phi) is 3.56. The number of fused-ring (bicyclic) bond motifs is 1. The molecule has 0 radical (unpaired) electrons. The van der Waals surface area contributed by atoms with Crippen LogP contribution in [0, 0.1) is 6.92 Å². The van der Waals surface area contributed by atoms with E-state index in [9.17, 15) is 4.79 Å². The Balaban J connectivity index is 1.98. The molecule has 1 heterocycles. The van der Waals surface area contributed by atoms with E-state index >= 15 is 0 Å². The van der Waals surface area contributed by atoms with Crippen LogP contribution in [0.5, 0.6) is 0 Å². The molecule has 1 unspecified atom stereocenters. The SMILES string of the molecule is Cc1ccc(NC2C(=O)Nc3cccc(Br)c32)c(Br)c1. The van der Waals surface area contributed by atoms with Crippen LogP contribution in [0.25, 0.3) is 0 Å². The topological polar surface area (TPSA) is 41.1 Å². The van der Waals surface area contributed by atoms with Crippen molar-refractivity contribution in [1.82, 2.24) is 0 Å². The van der Waals surface area contributed by atoms with Crippen LogP contribution in [0.1, 0.15) is 17.2 Å². The first-order valence-electron chi connectivity index (χ1n) is 6.18. The molecular formula is C15H12Br2N2O. The Morgan fingerprint density at radius 3 is 2.70 bits per heavy atom. The number of amides is 1. The molecule has 1 atom stereocenters. The number of hydrogen-bond donors (Lipinski definition) is 2. The number of carbonyl (C=O) groups excluding carboxylic acids is 1. The summed E-state index contributed by atoms with van der Waals surface area (Å²) < 4.78 is 1.87. The van der Waals surface area contributed by atoms with Crippen molar-refractivity contribution in [2.75, 3.05) is 10.6 Å². The third kappa shape index (κ3) is 2.36. The Hall–Kier alpha value is -1.33. The minimum Gasteiger partial charge on any atom is -0.369 e. The maximum Gasteiger partial charge on any atom is 0.251 e. The molecule has 2 N–H and O–H groups in total. The van der Waals surface area contributed by atoms with Crippen molar-refractivity contribution < 1.29 is 4.79 Å². The van der Waals surface area contributed by atoms with Crippen LogP contribution in [0.3, 0.4) is 0 Å². The van der Waals surface area contributed by atoms with E-state index in [4.69, 9.17) is 0 Å². The summed E-state index contributed by atoms with van der Waals surface area (Å²) in [6, 6.07) is 11.4. The number of nitrogens with one attached hydrogen (secondary N) is 2. The average Bonchev–Trinajstić information content (AvgIpc) is 2.70. The van der Waals surface area contributed by atoms with Gasteiger partial charge in [-0.2, -0.15) is 0 Å². The van der Waals surface area contributed by atoms with Crippen LogP contribution in [0.4, 0.5) is 11.4 Å².